The van der Waals surface area contributed by atoms with Crippen LogP contribution in [0.15, 0.2) is 30.3 Å². The summed E-state index contributed by atoms with van der Waals surface area (Å²) in [5.41, 5.74) is 8.81. The first kappa shape index (κ1) is 14.5. The van der Waals surface area contributed by atoms with Gasteiger partial charge in [0.15, 0.2) is 0 Å². The van der Waals surface area contributed by atoms with E-state index in [0.29, 0.717) is 6.54 Å². The molecule has 1 aliphatic carbocycles. The Morgan fingerprint density at radius 3 is 2.67 bits per heavy atom. The minimum absolute atomic E-state index is 0.172. The van der Waals surface area contributed by atoms with Crippen LogP contribution in [-0.2, 0) is 0 Å². The van der Waals surface area contributed by atoms with E-state index in [0.717, 1.165) is 47.8 Å². The number of rotatable bonds is 3. The summed E-state index contributed by atoms with van der Waals surface area (Å²) in [5, 5.41) is 12.2. The Morgan fingerprint density at radius 2 is 1.95 bits per heavy atom. The average Bonchev–Trinajstić information content (AvgIpc) is 2.54. The second-order valence-corrected chi connectivity index (χ2v) is 6.40. The molecule has 2 aromatic rings. The Kier molecular flexibility index (Phi) is 3.96. The van der Waals surface area contributed by atoms with Crippen molar-refractivity contribution >= 4 is 10.9 Å². The molecule has 0 bridgehead atoms. The molecule has 0 aliphatic heterocycles. The summed E-state index contributed by atoms with van der Waals surface area (Å²) in [7, 11) is 0. The highest BCUT2D eigenvalue weighted by molar-refractivity contribution is 5.82. The van der Waals surface area contributed by atoms with E-state index in [1.807, 2.05) is 37.3 Å². The number of pyridine rings is 1. The van der Waals surface area contributed by atoms with Crippen LogP contribution in [0, 0.1) is 12.3 Å². The van der Waals surface area contributed by atoms with E-state index < -0.39 is 6.10 Å². The topological polar surface area (TPSA) is 59.1 Å². The molecule has 0 amide bonds. The number of aliphatic hydroxyl groups is 1. The van der Waals surface area contributed by atoms with Gasteiger partial charge in [0.05, 0.1) is 11.6 Å². The number of aliphatic hydroxyl groups excluding tert-OH is 1. The van der Waals surface area contributed by atoms with E-state index in [2.05, 4.69) is 4.98 Å². The van der Waals surface area contributed by atoms with E-state index in [1.165, 1.54) is 6.42 Å². The lowest BCUT2D eigenvalue weighted by molar-refractivity contribution is 0.00160. The molecular formula is C18H24N2O. The summed E-state index contributed by atoms with van der Waals surface area (Å²) in [6.07, 6.45) is 5.10. The standard InChI is InChI=1S/C18H24N2O/c1-13-11-15(14-7-3-4-8-16(14)20-13)17(21)18(12-19)9-5-2-6-10-18/h3-4,7-8,11,17,21H,2,5-6,9-10,12,19H2,1H3. The van der Waals surface area contributed by atoms with E-state index in [9.17, 15) is 5.11 Å². The van der Waals surface area contributed by atoms with Gasteiger partial charge in [-0.1, -0.05) is 37.5 Å². The number of aromatic nitrogens is 1. The molecule has 3 heteroatoms. The van der Waals surface area contributed by atoms with Crippen LogP contribution in [0.3, 0.4) is 0 Å². The number of hydrogen-bond acceptors (Lipinski definition) is 3. The van der Waals surface area contributed by atoms with Crippen molar-refractivity contribution < 1.29 is 5.11 Å². The smallest absolute Gasteiger partial charge is 0.0865 e. The SMILES string of the molecule is Cc1cc(C(O)C2(CN)CCCCC2)c2ccccc2n1. The summed E-state index contributed by atoms with van der Waals surface area (Å²) in [6, 6.07) is 10.1. The molecule has 0 spiro atoms. The minimum Gasteiger partial charge on any atom is -0.388 e. The average molecular weight is 284 g/mol. The van der Waals surface area contributed by atoms with Crippen molar-refractivity contribution in [3.05, 3.63) is 41.6 Å². The van der Waals surface area contributed by atoms with Crippen molar-refractivity contribution in [1.29, 1.82) is 0 Å². The summed E-state index contributed by atoms with van der Waals surface area (Å²) in [5.74, 6) is 0. The van der Waals surface area contributed by atoms with Gasteiger partial charge < -0.3 is 10.8 Å². The lowest BCUT2D eigenvalue weighted by atomic mass is 9.68. The van der Waals surface area contributed by atoms with Crippen LogP contribution in [0.1, 0.15) is 49.5 Å². The molecule has 1 heterocycles. The monoisotopic (exact) mass is 284 g/mol. The number of nitrogens with zero attached hydrogens (tertiary/aromatic N) is 1. The van der Waals surface area contributed by atoms with E-state index in [4.69, 9.17) is 5.73 Å². The molecule has 1 aliphatic rings. The maximum atomic E-state index is 11.1. The van der Waals surface area contributed by atoms with Gasteiger partial charge in [-0.15, -0.1) is 0 Å². The molecule has 1 saturated carbocycles. The zero-order valence-corrected chi connectivity index (χ0v) is 12.7. The second kappa shape index (κ2) is 5.74. The predicted molar refractivity (Wildman–Crippen MR) is 86.0 cm³/mol. The molecule has 112 valence electrons. The third-order valence-corrected chi connectivity index (χ3v) is 5.01. The zero-order chi connectivity index (χ0) is 14.9. The Labute approximate surface area is 126 Å². The van der Waals surface area contributed by atoms with Gasteiger partial charge in [-0.3, -0.25) is 4.98 Å². The minimum atomic E-state index is -0.505. The largest absolute Gasteiger partial charge is 0.388 e. The molecule has 1 aromatic carbocycles. The molecular weight excluding hydrogens is 260 g/mol. The van der Waals surface area contributed by atoms with Crippen LogP contribution in [0.4, 0.5) is 0 Å². The third kappa shape index (κ3) is 2.56. The molecule has 3 nitrogen and oxygen atoms in total. The van der Waals surface area contributed by atoms with Crippen molar-refractivity contribution in [1.82, 2.24) is 4.98 Å². The molecule has 0 radical (unpaired) electrons. The van der Waals surface area contributed by atoms with Crippen LogP contribution < -0.4 is 5.73 Å². The number of aryl methyl sites for hydroxylation is 1. The maximum absolute atomic E-state index is 11.1. The van der Waals surface area contributed by atoms with E-state index in [-0.39, 0.29) is 5.41 Å². The third-order valence-electron chi connectivity index (χ3n) is 5.01. The first-order chi connectivity index (χ1) is 10.2. The predicted octanol–water partition coefficient (Wildman–Crippen LogP) is 3.49. The fourth-order valence-electron chi connectivity index (χ4n) is 3.74. The highest BCUT2D eigenvalue weighted by atomic mass is 16.3. The Hall–Kier alpha value is -1.45. The maximum Gasteiger partial charge on any atom is 0.0865 e. The first-order valence-electron chi connectivity index (χ1n) is 7.91. The van der Waals surface area contributed by atoms with Gasteiger partial charge >= 0.3 is 0 Å². The normalized spacial score (nSPS) is 19.6. The van der Waals surface area contributed by atoms with E-state index in [1.54, 1.807) is 0 Å². The molecule has 3 N–H and O–H groups in total. The van der Waals surface area contributed by atoms with Crippen molar-refractivity contribution in [2.75, 3.05) is 6.54 Å². The Balaban J connectivity index is 2.10. The molecule has 1 aromatic heterocycles. The van der Waals surface area contributed by atoms with Crippen LogP contribution in [0.25, 0.3) is 10.9 Å². The molecule has 1 atom stereocenters. The summed E-state index contributed by atoms with van der Waals surface area (Å²) in [6.45, 7) is 2.53. The Morgan fingerprint density at radius 1 is 1.24 bits per heavy atom. The van der Waals surface area contributed by atoms with Gasteiger partial charge in [0.25, 0.3) is 0 Å². The lowest BCUT2D eigenvalue weighted by Crippen LogP contribution is -2.38. The molecule has 3 rings (SSSR count). The number of para-hydroxylation sites is 1. The van der Waals surface area contributed by atoms with Crippen molar-refractivity contribution in [2.24, 2.45) is 11.1 Å². The summed E-state index contributed by atoms with van der Waals surface area (Å²) < 4.78 is 0. The summed E-state index contributed by atoms with van der Waals surface area (Å²) in [4.78, 5) is 4.57. The van der Waals surface area contributed by atoms with Gasteiger partial charge in [0.1, 0.15) is 0 Å². The van der Waals surface area contributed by atoms with Gasteiger partial charge in [0, 0.05) is 23.0 Å². The summed E-state index contributed by atoms with van der Waals surface area (Å²) >= 11 is 0. The zero-order valence-electron chi connectivity index (χ0n) is 12.7. The van der Waals surface area contributed by atoms with Gasteiger partial charge in [-0.25, -0.2) is 0 Å². The lowest BCUT2D eigenvalue weighted by Gasteiger charge is -2.40. The fourth-order valence-corrected chi connectivity index (χ4v) is 3.74. The quantitative estimate of drug-likeness (QED) is 0.907. The number of nitrogens with two attached hydrogens (primary N) is 1. The first-order valence-corrected chi connectivity index (χ1v) is 7.91. The van der Waals surface area contributed by atoms with E-state index >= 15 is 0 Å². The molecule has 0 saturated heterocycles. The fraction of sp³-hybridized carbons (Fsp3) is 0.500. The molecule has 1 fully saturated rings. The second-order valence-electron chi connectivity index (χ2n) is 6.40. The van der Waals surface area contributed by atoms with Crippen molar-refractivity contribution in [3.8, 4) is 0 Å². The van der Waals surface area contributed by atoms with Gasteiger partial charge in [-0.05, 0) is 37.5 Å². The highest BCUT2D eigenvalue weighted by Crippen LogP contribution is 2.46. The van der Waals surface area contributed by atoms with Crippen LogP contribution >= 0.6 is 0 Å². The van der Waals surface area contributed by atoms with Crippen molar-refractivity contribution in [3.63, 3.8) is 0 Å². The number of hydrogen-bond donors (Lipinski definition) is 2. The van der Waals surface area contributed by atoms with Crippen LogP contribution in [-0.4, -0.2) is 16.6 Å². The van der Waals surface area contributed by atoms with Gasteiger partial charge in [-0.2, -0.15) is 0 Å². The highest BCUT2D eigenvalue weighted by Gasteiger charge is 2.39. The molecule has 1 unspecified atom stereocenters. The Bertz CT molecular complexity index is 632. The van der Waals surface area contributed by atoms with Crippen molar-refractivity contribution in [2.45, 2.75) is 45.1 Å². The molecule has 21 heavy (non-hydrogen) atoms. The van der Waals surface area contributed by atoms with Gasteiger partial charge in [0.2, 0.25) is 0 Å². The number of fused-ring (bicyclic) bond motifs is 1. The van der Waals surface area contributed by atoms with Crippen LogP contribution in [0.2, 0.25) is 0 Å². The number of benzene rings is 1. The van der Waals surface area contributed by atoms with Crippen LogP contribution in [0.5, 0.6) is 0 Å².